The summed E-state index contributed by atoms with van der Waals surface area (Å²) in [5.74, 6) is -2.25. The van der Waals surface area contributed by atoms with Crippen LogP contribution in [0.2, 0.25) is 5.02 Å². The third-order valence-electron chi connectivity index (χ3n) is 8.18. The van der Waals surface area contributed by atoms with E-state index in [-0.39, 0.29) is 46.4 Å². The predicted molar refractivity (Wildman–Crippen MR) is 159 cm³/mol. The molecule has 1 aliphatic heterocycles. The average molecular weight is 639 g/mol. The summed E-state index contributed by atoms with van der Waals surface area (Å²) in [7, 11) is 0. The lowest BCUT2D eigenvalue weighted by atomic mass is 9.97. The Morgan fingerprint density at radius 1 is 1.00 bits per heavy atom. The quantitative estimate of drug-likeness (QED) is 0.255. The van der Waals surface area contributed by atoms with Crippen molar-refractivity contribution in [2.24, 2.45) is 5.92 Å². The maximum atomic E-state index is 13.7. The summed E-state index contributed by atoms with van der Waals surface area (Å²) in [5, 5.41) is 10.3. The number of anilines is 2. The van der Waals surface area contributed by atoms with Crippen molar-refractivity contribution >= 4 is 57.5 Å². The first-order chi connectivity index (χ1) is 21.4. The van der Waals surface area contributed by atoms with Crippen molar-refractivity contribution in [1.29, 1.82) is 0 Å². The van der Waals surface area contributed by atoms with Gasteiger partial charge in [-0.15, -0.1) is 0 Å². The van der Waals surface area contributed by atoms with Gasteiger partial charge in [-0.05, 0) is 67.6 Å². The van der Waals surface area contributed by atoms with Crippen LogP contribution >= 0.6 is 11.6 Å². The van der Waals surface area contributed by atoms with E-state index in [9.17, 15) is 32.3 Å². The number of benzene rings is 2. The molecule has 3 amide bonds. The summed E-state index contributed by atoms with van der Waals surface area (Å²) in [6, 6.07) is 13.5. The molecule has 45 heavy (non-hydrogen) atoms. The van der Waals surface area contributed by atoms with Crippen LogP contribution in [0.15, 0.2) is 60.7 Å². The highest BCUT2D eigenvalue weighted by atomic mass is 35.5. The van der Waals surface area contributed by atoms with Gasteiger partial charge in [-0.1, -0.05) is 29.8 Å². The number of pyridine rings is 1. The van der Waals surface area contributed by atoms with Crippen LogP contribution in [0.4, 0.5) is 24.7 Å². The molecule has 3 atom stereocenters. The first-order valence-corrected chi connectivity index (χ1v) is 14.5. The van der Waals surface area contributed by atoms with Gasteiger partial charge in [-0.25, -0.2) is 4.98 Å². The van der Waals surface area contributed by atoms with Gasteiger partial charge < -0.3 is 15.5 Å². The topological polar surface area (TPSA) is 126 Å². The van der Waals surface area contributed by atoms with Crippen LogP contribution < -0.4 is 10.6 Å². The minimum Gasteiger partial charge on any atom is -0.326 e. The number of hydrogen-bond donors (Lipinski definition) is 2. The van der Waals surface area contributed by atoms with E-state index in [0.29, 0.717) is 35.9 Å². The number of halogens is 4. The molecule has 1 saturated heterocycles. The molecule has 2 aromatic heterocycles. The highest BCUT2D eigenvalue weighted by molar-refractivity contribution is 6.34. The monoisotopic (exact) mass is 638 g/mol. The van der Waals surface area contributed by atoms with Crippen molar-refractivity contribution in [1.82, 2.24) is 19.7 Å². The molecule has 0 unspecified atom stereocenters. The van der Waals surface area contributed by atoms with Crippen LogP contribution in [0, 0.1) is 5.92 Å². The van der Waals surface area contributed by atoms with E-state index in [4.69, 9.17) is 11.6 Å². The molecular weight excluding hydrogens is 613 g/mol. The van der Waals surface area contributed by atoms with Gasteiger partial charge in [0, 0.05) is 24.0 Å². The molecule has 2 aliphatic rings. The molecule has 2 fully saturated rings. The fraction of sp³-hybridized carbons (Fsp3) is 0.290. The molecule has 6 rings (SSSR count). The van der Waals surface area contributed by atoms with E-state index in [1.807, 2.05) is 0 Å². The van der Waals surface area contributed by atoms with Crippen LogP contribution in [-0.4, -0.2) is 55.3 Å². The standard InChI is InChI=1S/C31H26ClF3N6O4/c1-16(42)27-21-14-18(36-29(44)20-5-2-3-6-22(20)32)10-12-23(21)40(39-27)15-26(43)41-19-11-9-17(13-19)28(41)30(45)38-25-8-4-7-24(37-25)31(33,34)35/h2-8,10,12,14,17,19,28H,9,11,13,15H2,1H3,(H,36,44)(H,37,38,45)/t17-,19+,28-/m0/s1. The van der Waals surface area contributed by atoms with Crippen molar-refractivity contribution in [3.05, 3.63) is 82.6 Å². The third kappa shape index (κ3) is 5.87. The lowest BCUT2D eigenvalue weighted by molar-refractivity contribution is -0.141. The Kier molecular flexibility index (Phi) is 7.81. The zero-order valence-electron chi connectivity index (χ0n) is 23.8. The number of likely N-dealkylation sites (tertiary alicyclic amines) is 1. The Morgan fingerprint density at radius 2 is 1.78 bits per heavy atom. The number of amides is 3. The van der Waals surface area contributed by atoms with E-state index in [2.05, 4.69) is 20.7 Å². The molecule has 2 aromatic carbocycles. The number of rotatable bonds is 7. The molecule has 2 N–H and O–H groups in total. The highest BCUT2D eigenvalue weighted by Crippen LogP contribution is 2.43. The Bertz CT molecular complexity index is 1860. The number of piperidine rings is 1. The molecule has 2 bridgehead atoms. The Hall–Kier alpha value is -4.78. The second-order valence-electron chi connectivity index (χ2n) is 11.1. The SMILES string of the molecule is CC(=O)c1nn(CC(=O)N2[C@@H]3CC[C@@H](C3)[C@H]2C(=O)Nc2cccc(C(F)(F)F)n2)c2ccc(NC(=O)c3ccccc3Cl)cc12. The van der Waals surface area contributed by atoms with Crippen LogP contribution in [0.5, 0.6) is 0 Å². The first-order valence-electron chi connectivity index (χ1n) is 14.1. The number of nitrogens with one attached hydrogen (secondary N) is 2. The third-order valence-corrected chi connectivity index (χ3v) is 8.51. The molecular formula is C31H26ClF3N6O4. The fourth-order valence-corrected chi connectivity index (χ4v) is 6.46. The van der Waals surface area contributed by atoms with Crippen LogP contribution in [0.25, 0.3) is 10.9 Å². The largest absolute Gasteiger partial charge is 0.433 e. The highest BCUT2D eigenvalue weighted by Gasteiger charge is 2.51. The molecule has 232 valence electrons. The number of carbonyl (C=O) groups excluding carboxylic acids is 4. The normalized spacial score (nSPS) is 19.1. The van der Waals surface area contributed by atoms with Crippen molar-refractivity contribution in [3.8, 4) is 0 Å². The van der Waals surface area contributed by atoms with E-state index in [0.717, 1.165) is 12.1 Å². The van der Waals surface area contributed by atoms with E-state index < -0.39 is 35.6 Å². The van der Waals surface area contributed by atoms with Gasteiger partial charge in [0.05, 0.1) is 16.1 Å². The molecule has 14 heteroatoms. The van der Waals surface area contributed by atoms with E-state index in [1.54, 1.807) is 42.5 Å². The number of hydrogen-bond acceptors (Lipinski definition) is 6. The van der Waals surface area contributed by atoms with Gasteiger partial charge >= 0.3 is 6.18 Å². The number of aromatic nitrogens is 3. The smallest absolute Gasteiger partial charge is 0.326 e. The Labute approximate surface area is 259 Å². The number of alkyl halides is 3. The van der Waals surface area contributed by atoms with Crippen LogP contribution in [-0.2, 0) is 22.3 Å². The van der Waals surface area contributed by atoms with E-state index in [1.165, 1.54) is 22.6 Å². The summed E-state index contributed by atoms with van der Waals surface area (Å²) in [4.78, 5) is 57.4. The molecule has 0 radical (unpaired) electrons. The van der Waals surface area contributed by atoms with Crippen molar-refractivity contribution in [2.75, 3.05) is 10.6 Å². The number of Topliss-reactive ketones (excluding diaryl/α,β-unsaturated/α-hetero) is 1. The predicted octanol–water partition coefficient (Wildman–Crippen LogP) is 5.58. The summed E-state index contributed by atoms with van der Waals surface area (Å²) in [6.07, 6.45) is -2.70. The second-order valence-corrected chi connectivity index (χ2v) is 11.5. The second kappa shape index (κ2) is 11.6. The zero-order chi connectivity index (χ0) is 32.0. The first kappa shape index (κ1) is 30.3. The van der Waals surface area contributed by atoms with Gasteiger partial charge in [0.1, 0.15) is 29.8 Å². The molecule has 4 aromatic rings. The van der Waals surface area contributed by atoms with Gasteiger partial charge in [0.2, 0.25) is 11.8 Å². The maximum absolute atomic E-state index is 13.7. The number of fused-ring (bicyclic) bond motifs is 3. The van der Waals surface area contributed by atoms with Gasteiger partial charge in [-0.2, -0.15) is 18.3 Å². The fourth-order valence-electron chi connectivity index (χ4n) is 6.24. The number of carbonyl (C=O) groups is 4. The lowest BCUT2D eigenvalue weighted by Gasteiger charge is -2.34. The molecule has 1 aliphatic carbocycles. The van der Waals surface area contributed by atoms with Crippen LogP contribution in [0.1, 0.15) is 52.7 Å². The van der Waals surface area contributed by atoms with Crippen molar-refractivity contribution in [3.63, 3.8) is 0 Å². The Morgan fingerprint density at radius 3 is 2.51 bits per heavy atom. The minimum absolute atomic E-state index is 0.0968. The zero-order valence-corrected chi connectivity index (χ0v) is 24.5. The summed E-state index contributed by atoms with van der Waals surface area (Å²) < 4.78 is 40.8. The Balaban J connectivity index is 1.24. The van der Waals surface area contributed by atoms with Crippen molar-refractivity contribution in [2.45, 2.75) is 51.0 Å². The van der Waals surface area contributed by atoms with Gasteiger partial charge in [0.15, 0.2) is 5.78 Å². The summed E-state index contributed by atoms with van der Waals surface area (Å²) >= 11 is 6.15. The summed E-state index contributed by atoms with van der Waals surface area (Å²) in [6.45, 7) is 1.05. The molecule has 0 spiro atoms. The number of ketones is 1. The molecule has 10 nitrogen and oxygen atoms in total. The molecule has 1 saturated carbocycles. The van der Waals surface area contributed by atoms with E-state index >= 15 is 0 Å². The van der Waals surface area contributed by atoms with Gasteiger partial charge in [-0.3, -0.25) is 23.9 Å². The number of nitrogens with zero attached hydrogens (tertiary/aromatic N) is 4. The lowest BCUT2D eigenvalue weighted by Crippen LogP contribution is -2.52. The average Bonchev–Trinajstić information content (AvgIpc) is 3.71. The van der Waals surface area contributed by atoms with Gasteiger partial charge in [0.25, 0.3) is 5.91 Å². The minimum atomic E-state index is -4.68. The van der Waals surface area contributed by atoms with Crippen LogP contribution in [0.3, 0.4) is 0 Å². The van der Waals surface area contributed by atoms with Crippen molar-refractivity contribution < 1.29 is 32.3 Å². The molecule has 3 heterocycles. The maximum Gasteiger partial charge on any atom is 0.433 e. The summed E-state index contributed by atoms with van der Waals surface area (Å²) in [5.41, 5.74) is 0.0780.